The van der Waals surface area contributed by atoms with Gasteiger partial charge in [-0.1, -0.05) is 26.0 Å². The van der Waals surface area contributed by atoms with Crippen LogP contribution >= 0.6 is 0 Å². The highest BCUT2D eigenvalue weighted by atomic mass is 19.1. The Bertz CT molecular complexity index is 1240. The van der Waals surface area contributed by atoms with Gasteiger partial charge in [-0.2, -0.15) is 5.10 Å². The van der Waals surface area contributed by atoms with E-state index in [1.165, 1.54) is 0 Å². The Kier molecular flexibility index (Phi) is 5.89. The molecule has 3 aliphatic heterocycles. The fraction of sp³-hybridized carbons (Fsp3) is 0.407. The first-order chi connectivity index (χ1) is 16.7. The number of rotatable bonds is 5. The summed E-state index contributed by atoms with van der Waals surface area (Å²) in [6, 6.07) is 3.07. The Morgan fingerprint density at radius 3 is 2.91 bits per heavy atom. The molecule has 1 atom stereocenters. The number of likely N-dealkylation sites (N-methyl/N-ethyl adjacent to an activating group) is 2. The summed E-state index contributed by atoms with van der Waals surface area (Å²) in [5.74, 6) is -0.272. The summed E-state index contributed by atoms with van der Waals surface area (Å²) in [6.45, 7) is 5.89. The SMILES string of the molecule is CN1C=C2C(=C(C3=CCNC(CC(=O)N(C)CCO)C3(C)C)C1)NN=C1C=Cc3cc(F)cc2c31. The van der Waals surface area contributed by atoms with Crippen molar-refractivity contribution >= 4 is 23.3 Å². The van der Waals surface area contributed by atoms with Gasteiger partial charge >= 0.3 is 0 Å². The van der Waals surface area contributed by atoms with Crippen LogP contribution in [0.1, 0.15) is 37.0 Å². The Hall–Kier alpha value is -3.23. The molecule has 4 aliphatic rings. The van der Waals surface area contributed by atoms with Crippen molar-refractivity contribution in [3.63, 3.8) is 0 Å². The van der Waals surface area contributed by atoms with Gasteiger partial charge in [0.2, 0.25) is 5.91 Å². The van der Waals surface area contributed by atoms with Crippen molar-refractivity contribution in [1.29, 1.82) is 0 Å². The molecule has 0 fully saturated rings. The van der Waals surface area contributed by atoms with Crippen molar-refractivity contribution < 1.29 is 14.3 Å². The number of allylic oxidation sites excluding steroid dienone is 2. The zero-order valence-corrected chi connectivity index (χ0v) is 20.7. The lowest BCUT2D eigenvalue weighted by Gasteiger charge is -2.43. The zero-order valence-electron chi connectivity index (χ0n) is 20.7. The first kappa shape index (κ1) is 23.5. The van der Waals surface area contributed by atoms with Gasteiger partial charge in [-0.05, 0) is 34.9 Å². The summed E-state index contributed by atoms with van der Waals surface area (Å²) in [5, 5.41) is 17.4. The van der Waals surface area contributed by atoms with Crippen LogP contribution in [0.3, 0.4) is 0 Å². The molecule has 1 amide bonds. The van der Waals surface area contributed by atoms with Crippen LogP contribution in [0.25, 0.3) is 11.6 Å². The molecular weight excluding hydrogens is 445 g/mol. The first-order valence-electron chi connectivity index (χ1n) is 12.0. The number of nitrogens with zero attached hydrogens (tertiary/aromatic N) is 3. The largest absolute Gasteiger partial charge is 0.395 e. The molecule has 7 nitrogen and oxygen atoms in total. The molecule has 3 N–H and O–H groups in total. The van der Waals surface area contributed by atoms with Gasteiger partial charge in [-0.15, -0.1) is 0 Å². The van der Waals surface area contributed by atoms with Crippen molar-refractivity contribution in [2.24, 2.45) is 10.5 Å². The number of hydrogen-bond donors (Lipinski definition) is 3. The van der Waals surface area contributed by atoms with Crippen molar-refractivity contribution in [3.8, 4) is 0 Å². The Labute approximate surface area is 205 Å². The molecule has 8 heteroatoms. The third kappa shape index (κ3) is 4.00. The lowest BCUT2D eigenvalue weighted by Crippen LogP contribution is -2.50. The van der Waals surface area contributed by atoms with Crippen LogP contribution in [0.5, 0.6) is 0 Å². The van der Waals surface area contributed by atoms with Crippen LogP contribution in [0.4, 0.5) is 4.39 Å². The Balaban J connectivity index is 1.56. The van der Waals surface area contributed by atoms with Gasteiger partial charge in [0.05, 0.1) is 18.0 Å². The zero-order chi connectivity index (χ0) is 24.9. The molecule has 0 radical (unpaired) electrons. The molecule has 0 bridgehead atoms. The summed E-state index contributed by atoms with van der Waals surface area (Å²) in [5.41, 5.74) is 10.4. The van der Waals surface area contributed by atoms with Crippen LogP contribution in [-0.4, -0.2) is 72.9 Å². The minimum absolute atomic E-state index is 0.00225. The summed E-state index contributed by atoms with van der Waals surface area (Å²) in [6.07, 6.45) is 8.40. The van der Waals surface area contributed by atoms with E-state index in [0.717, 1.165) is 44.8 Å². The highest BCUT2D eigenvalue weighted by Crippen LogP contribution is 2.44. The third-order valence-corrected chi connectivity index (χ3v) is 7.52. The second-order valence-corrected chi connectivity index (χ2v) is 10.2. The van der Waals surface area contributed by atoms with Gasteiger partial charge in [0.25, 0.3) is 0 Å². The number of benzene rings is 1. The van der Waals surface area contributed by atoms with Crippen LogP contribution in [-0.2, 0) is 4.79 Å². The fourth-order valence-corrected chi connectivity index (χ4v) is 5.55. The summed E-state index contributed by atoms with van der Waals surface area (Å²) in [4.78, 5) is 16.5. The van der Waals surface area contributed by atoms with Crippen LogP contribution in [0, 0.1) is 11.2 Å². The summed E-state index contributed by atoms with van der Waals surface area (Å²) < 4.78 is 14.6. The van der Waals surface area contributed by atoms with Crippen LogP contribution < -0.4 is 10.7 Å². The van der Waals surface area contributed by atoms with Crippen molar-refractivity contribution in [2.75, 3.05) is 40.3 Å². The molecule has 1 aliphatic carbocycles. The van der Waals surface area contributed by atoms with E-state index >= 15 is 0 Å². The van der Waals surface area contributed by atoms with E-state index in [0.29, 0.717) is 26.1 Å². The predicted octanol–water partition coefficient (Wildman–Crippen LogP) is 2.47. The first-order valence-corrected chi connectivity index (χ1v) is 12.0. The number of aliphatic hydroxyl groups excluding tert-OH is 1. The van der Waals surface area contributed by atoms with Gasteiger partial charge in [0, 0.05) is 74.5 Å². The number of fused-ring (bicyclic) bond motifs is 2. The Morgan fingerprint density at radius 2 is 2.14 bits per heavy atom. The quantitative estimate of drug-likeness (QED) is 0.607. The molecule has 0 saturated heterocycles. The lowest BCUT2D eigenvalue weighted by atomic mass is 9.69. The van der Waals surface area contributed by atoms with E-state index in [1.54, 1.807) is 24.1 Å². The average Bonchev–Trinajstić information content (AvgIpc) is 3.13. The van der Waals surface area contributed by atoms with E-state index in [4.69, 9.17) is 5.10 Å². The van der Waals surface area contributed by atoms with Crippen LogP contribution in [0.2, 0.25) is 0 Å². The highest BCUT2D eigenvalue weighted by Gasteiger charge is 2.41. The second kappa shape index (κ2) is 8.77. The molecule has 5 rings (SSSR count). The molecule has 0 aromatic heterocycles. The molecule has 1 aromatic carbocycles. The molecule has 1 aromatic rings. The van der Waals surface area contributed by atoms with Gasteiger partial charge < -0.3 is 20.2 Å². The van der Waals surface area contributed by atoms with E-state index in [1.807, 2.05) is 19.2 Å². The van der Waals surface area contributed by atoms with Crippen molar-refractivity contribution in [1.82, 2.24) is 20.5 Å². The van der Waals surface area contributed by atoms with Crippen molar-refractivity contribution in [3.05, 3.63) is 69.8 Å². The minimum Gasteiger partial charge on any atom is -0.395 e. The number of carbonyl (C=O) groups is 1. The maximum absolute atomic E-state index is 14.6. The van der Waals surface area contributed by atoms with E-state index < -0.39 is 0 Å². The number of amides is 1. The van der Waals surface area contributed by atoms with E-state index in [9.17, 15) is 14.3 Å². The van der Waals surface area contributed by atoms with Gasteiger partial charge in [-0.3, -0.25) is 10.2 Å². The topological polar surface area (TPSA) is 80.2 Å². The molecule has 1 unspecified atom stereocenters. The standard InChI is InChI=1S/C27H32FN5O2/c1-27(2)21(7-8-29-23(27)13-24(35)33(4)9-10-34)20-15-32(3)14-19-18-12-17(28)11-16-5-6-22(25(16)18)30-31-26(19)20/h5-7,11-12,14,23,29,31,34H,8-10,13,15H2,1-4H3. The monoisotopic (exact) mass is 477 g/mol. The Morgan fingerprint density at radius 1 is 1.34 bits per heavy atom. The van der Waals surface area contributed by atoms with E-state index in [-0.39, 0.29) is 29.8 Å². The molecule has 3 heterocycles. The number of nitrogens with one attached hydrogen (secondary N) is 2. The molecule has 0 spiro atoms. The maximum atomic E-state index is 14.6. The van der Waals surface area contributed by atoms with Crippen LogP contribution in [0.15, 0.2) is 52.4 Å². The average molecular weight is 478 g/mol. The smallest absolute Gasteiger partial charge is 0.223 e. The molecular formula is C27H32FN5O2. The van der Waals surface area contributed by atoms with Gasteiger partial charge in [-0.25, -0.2) is 4.39 Å². The van der Waals surface area contributed by atoms with E-state index in [2.05, 4.69) is 41.8 Å². The summed E-state index contributed by atoms with van der Waals surface area (Å²) in [7, 11) is 3.74. The van der Waals surface area contributed by atoms with Gasteiger partial charge in [0.15, 0.2) is 0 Å². The van der Waals surface area contributed by atoms with Crippen molar-refractivity contribution in [2.45, 2.75) is 26.3 Å². The number of hydrazone groups is 1. The van der Waals surface area contributed by atoms with Gasteiger partial charge in [0.1, 0.15) is 5.82 Å². The lowest BCUT2D eigenvalue weighted by molar-refractivity contribution is -0.131. The second-order valence-electron chi connectivity index (χ2n) is 10.2. The maximum Gasteiger partial charge on any atom is 0.223 e. The normalized spacial score (nSPS) is 21.9. The molecule has 35 heavy (non-hydrogen) atoms. The fourth-order valence-electron chi connectivity index (χ4n) is 5.55. The number of halogens is 1. The highest BCUT2D eigenvalue weighted by molar-refractivity contribution is 6.20. The third-order valence-electron chi connectivity index (χ3n) is 7.52. The number of hydrogen-bond acceptors (Lipinski definition) is 6. The molecule has 0 saturated carbocycles. The predicted molar refractivity (Wildman–Crippen MR) is 136 cm³/mol. The minimum atomic E-state index is -0.354. The molecule has 184 valence electrons. The number of aliphatic hydroxyl groups is 1. The number of carbonyl (C=O) groups excluding carboxylic acids is 1. The summed E-state index contributed by atoms with van der Waals surface area (Å²) >= 11 is 0.